The second kappa shape index (κ2) is 9.09. The molecule has 3 aromatic carbocycles. The van der Waals surface area contributed by atoms with Crippen LogP contribution in [-0.4, -0.2) is 34.6 Å². The molecule has 172 valence electrons. The number of amides is 1. The van der Waals surface area contributed by atoms with Crippen LogP contribution >= 0.6 is 0 Å². The van der Waals surface area contributed by atoms with Gasteiger partial charge in [0, 0.05) is 12.1 Å². The highest BCUT2D eigenvalue weighted by atomic mass is 19.1. The van der Waals surface area contributed by atoms with E-state index < -0.39 is 29.7 Å². The van der Waals surface area contributed by atoms with Gasteiger partial charge in [0.2, 0.25) is 11.9 Å². The van der Waals surface area contributed by atoms with E-state index in [1.807, 2.05) is 59.2 Å². The number of para-hydroxylation sites is 2. The number of carbonyl (C=O) groups excluding carboxylic acids is 2. The number of fused-ring (bicyclic) bond motifs is 3. The largest absolute Gasteiger partial charge is 0.465 e. The predicted octanol–water partition coefficient (Wildman–Crippen LogP) is 4.53. The van der Waals surface area contributed by atoms with E-state index in [0.717, 1.165) is 11.1 Å². The lowest BCUT2D eigenvalue weighted by atomic mass is 9.89. The van der Waals surface area contributed by atoms with Crippen LogP contribution in [0.1, 0.15) is 24.1 Å². The molecule has 0 saturated carbocycles. The van der Waals surface area contributed by atoms with Gasteiger partial charge in [-0.15, -0.1) is 0 Å². The van der Waals surface area contributed by atoms with E-state index in [4.69, 9.17) is 9.72 Å². The van der Waals surface area contributed by atoms with Crippen molar-refractivity contribution in [2.24, 2.45) is 5.92 Å². The molecule has 2 heterocycles. The van der Waals surface area contributed by atoms with Gasteiger partial charge in [-0.1, -0.05) is 60.7 Å². The summed E-state index contributed by atoms with van der Waals surface area (Å²) in [5.41, 5.74) is 2.70. The van der Waals surface area contributed by atoms with Gasteiger partial charge in [0.05, 0.1) is 23.7 Å². The second-order valence-electron chi connectivity index (χ2n) is 8.19. The fourth-order valence-corrected chi connectivity index (χ4v) is 4.64. The molecule has 0 bridgehead atoms. The number of rotatable bonds is 6. The zero-order valence-corrected chi connectivity index (χ0v) is 18.7. The van der Waals surface area contributed by atoms with Gasteiger partial charge in [-0.3, -0.25) is 14.5 Å². The predicted molar refractivity (Wildman–Crippen MR) is 127 cm³/mol. The van der Waals surface area contributed by atoms with Crippen molar-refractivity contribution in [2.45, 2.75) is 19.4 Å². The molecule has 2 atom stereocenters. The van der Waals surface area contributed by atoms with E-state index >= 15 is 4.39 Å². The van der Waals surface area contributed by atoms with Gasteiger partial charge >= 0.3 is 5.97 Å². The zero-order chi connectivity index (χ0) is 23.7. The topological polar surface area (TPSA) is 64.4 Å². The molecule has 0 aliphatic carbocycles. The summed E-state index contributed by atoms with van der Waals surface area (Å²) in [5.74, 6) is -2.44. The standard InChI is InChI=1S/C27H24FN3O3/c1-2-34-26(33)23-24(19-12-6-7-13-20(19)28)31-22-15-9-8-14-21(22)29-27(31)30(25(23)32)17-16-18-10-4-3-5-11-18/h3-15,23-24H,2,16-17H2,1H3/t23-,24-/m0/s1. The van der Waals surface area contributed by atoms with Gasteiger partial charge in [-0.2, -0.15) is 0 Å². The van der Waals surface area contributed by atoms with Crippen LogP contribution in [0.2, 0.25) is 0 Å². The summed E-state index contributed by atoms with van der Waals surface area (Å²) in [5, 5.41) is 0. The third kappa shape index (κ3) is 3.73. The Morgan fingerprint density at radius 1 is 1.00 bits per heavy atom. The SMILES string of the molecule is CCOC(=O)[C@@H]1C(=O)N(CCc2ccccc2)c2nc3ccccc3n2[C@H]1c1ccccc1F. The quantitative estimate of drug-likeness (QED) is 0.315. The summed E-state index contributed by atoms with van der Waals surface area (Å²) in [7, 11) is 0. The van der Waals surface area contributed by atoms with Crippen LogP contribution < -0.4 is 4.90 Å². The van der Waals surface area contributed by atoms with E-state index in [1.54, 1.807) is 25.1 Å². The Labute approximate surface area is 196 Å². The molecular formula is C27H24FN3O3. The Hall–Kier alpha value is -4.00. The number of hydrogen-bond donors (Lipinski definition) is 0. The first-order valence-corrected chi connectivity index (χ1v) is 11.3. The van der Waals surface area contributed by atoms with Gasteiger partial charge in [0.25, 0.3) is 0 Å². The van der Waals surface area contributed by atoms with Gasteiger partial charge in [-0.05, 0) is 37.1 Å². The van der Waals surface area contributed by atoms with Gasteiger partial charge < -0.3 is 9.30 Å². The van der Waals surface area contributed by atoms with Crippen molar-refractivity contribution in [3.63, 3.8) is 0 Å². The maximum atomic E-state index is 15.1. The first kappa shape index (κ1) is 21.8. The van der Waals surface area contributed by atoms with Crippen LogP contribution in [0, 0.1) is 11.7 Å². The molecule has 0 N–H and O–H groups in total. The van der Waals surface area contributed by atoms with Crippen molar-refractivity contribution in [1.29, 1.82) is 0 Å². The van der Waals surface area contributed by atoms with Crippen LogP contribution in [0.5, 0.6) is 0 Å². The average molecular weight is 458 g/mol. The van der Waals surface area contributed by atoms with E-state index in [2.05, 4.69) is 0 Å². The number of carbonyl (C=O) groups is 2. The molecule has 4 aromatic rings. The van der Waals surface area contributed by atoms with Crippen molar-refractivity contribution in [2.75, 3.05) is 18.1 Å². The van der Waals surface area contributed by atoms with Crippen LogP contribution in [0.4, 0.5) is 10.3 Å². The number of benzene rings is 3. The molecule has 0 spiro atoms. The number of ether oxygens (including phenoxy) is 1. The molecule has 0 radical (unpaired) electrons. The van der Waals surface area contributed by atoms with Crippen LogP contribution in [0.3, 0.4) is 0 Å². The Morgan fingerprint density at radius 2 is 1.71 bits per heavy atom. The first-order valence-electron chi connectivity index (χ1n) is 11.3. The summed E-state index contributed by atoms with van der Waals surface area (Å²) in [6.07, 6.45) is 0.579. The molecule has 0 fully saturated rings. The second-order valence-corrected chi connectivity index (χ2v) is 8.19. The number of anilines is 1. The minimum Gasteiger partial charge on any atom is -0.465 e. The molecule has 0 saturated heterocycles. The van der Waals surface area contributed by atoms with E-state index in [1.165, 1.54) is 11.0 Å². The average Bonchev–Trinajstić information content (AvgIpc) is 3.23. The van der Waals surface area contributed by atoms with Gasteiger partial charge in [0.1, 0.15) is 5.82 Å². The van der Waals surface area contributed by atoms with E-state index in [-0.39, 0.29) is 12.2 Å². The van der Waals surface area contributed by atoms with Crippen molar-refractivity contribution in [1.82, 2.24) is 9.55 Å². The van der Waals surface area contributed by atoms with Crippen molar-refractivity contribution in [3.05, 3.63) is 95.8 Å². The monoisotopic (exact) mass is 457 g/mol. The molecule has 34 heavy (non-hydrogen) atoms. The molecule has 0 unspecified atom stereocenters. The highest BCUT2D eigenvalue weighted by Crippen LogP contribution is 2.42. The lowest BCUT2D eigenvalue weighted by Gasteiger charge is -2.38. The molecule has 7 heteroatoms. The van der Waals surface area contributed by atoms with E-state index in [0.29, 0.717) is 24.4 Å². The van der Waals surface area contributed by atoms with Crippen molar-refractivity contribution in [3.8, 4) is 0 Å². The summed E-state index contributed by atoms with van der Waals surface area (Å²) in [4.78, 5) is 33.3. The highest BCUT2D eigenvalue weighted by molar-refractivity contribution is 6.08. The third-order valence-electron chi connectivity index (χ3n) is 6.18. The molecule has 1 amide bonds. The molecule has 1 aliphatic rings. The Morgan fingerprint density at radius 3 is 2.47 bits per heavy atom. The summed E-state index contributed by atoms with van der Waals surface area (Å²) >= 11 is 0. The van der Waals surface area contributed by atoms with Crippen LogP contribution in [-0.2, 0) is 20.7 Å². The smallest absolute Gasteiger partial charge is 0.321 e. The first-order chi connectivity index (χ1) is 16.6. The maximum absolute atomic E-state index is 15.1. The number of aromatic nitrogens is 2. The number of imidazole rings is 1. The minimum atomic E-state index is -1.24. The molecule has 5 rings (SSSR count). The minimum absolute atomic E-state index is 0.119. The summed E-state index contributed by atoms with van der Waals surface area (Å²) in [6, 6.07) is 22.5. The number of halogens is 1. The summed E-state index contributed by atoms with van der Waals surface area (Å²) in [6.45, 7) is 2.13. The lowest BCUT2D eigenvalue weighted by molar-refractivity contribution is -0.153. The highest BCUT2D eigenvalue weighted by Gasteiger charge is 2.48. The fraction of sp³-hybridized carbons (Fsp3) is 0.222. The van der Waals surface area contributed by atoms with Gasteiger partial charge in [-0.25, -0.2) is 9.37 Å². The molecule has 6 nitrogen and oxygen atoms in total. The number of hydrogen-bond acceptors (Lipinski definition) is 4. The fourth-order valence-electron chi connectivity index (χ4n) is 4.64. The van der Waals surface area contributed by atoms with Crippen molar-refractivity contribution < 1.29 is 18.7 Å². The van der Waals surface area contributed by atoms with E-state index in [9.17, 15) is 9.59 Å². The maximum Gasteiger partial charge on any atom is 0.321 e. The molecule has 1 aliphatic heterocycles. The number of esters is 1. The molecular weight excluding hydrogens is 433 g/mol. The Balaban J connectivity index is 1.70. The van der Waals surface area contributed by atoms with Crippen LogP contribution in [0.15, 0.2) is 78.9 Å². The summed E-state index contributed by atoms with van der Waals surface area (Å²) < 4.78 is 22.2. The molecule has 1 aromatic heterocycles. The Kier molecular flexibility index (Phi) is 5.84. The van der Waals surface area contributed by atoms with Crippen molar-refractivity contribution >= 4 is 28.9 Å². The van der Waals surface area contributed by atoms with Gasteiger partial charge in [0.15, 0.2) is 5.92 Å². The zero-order valence-electron chi connectivity index (χ0n) is 18.7. The normalized spacial score (nSPS) is 17.6. The number of nitrogens with zero attached hydrogens (tertiary/aromatic N) is 3. The Bertz CT molecular complexity index is 1350. The third-order valence-corrected chi connectivity index (χ3v) is 6.18. The van der Waals surface area contributed by atoms with Crippen LogP contribution in [0.25, 0.3) is 11.0 Å². The lowest BCUT2D eigenvalue weighted by Crippen LogP contribution is -2.51.